The number of nitrogens with one attached hydrogen (secondary N) is 7. The van der Waals surface area contributed by atoms with E-state index in [1.54, 1.807) is 69.2 Å². The Morgan fingerprint density at radius 2 is 0.523 bits per heavy atom. The molecule has 0 aliphatic heterocycles. The summed E-state index contributed by atoms with van der Waals surface area (Å²) in [4.78, 5) is 196. The van der Waals surface area contributed by atoms with Crippen molar-refractivity contribution < 1.29 is 226 Å². The van der Waals surface area contributed by atoms with E-state index in [0.29, 0.717) is 39.5 Å². The van der Waals surface area contributed by atoms with Gasteiger partial charge in [0.05, 0.1) is 119 Å². The molecular formula is C94H168N8O47. The number of alkyl carbamates (subject to hydrolysis) is 1. The maximum absolute atomic E-state index is 13.9. The minimum atomic E-state index is -2.14. The molecule has 866 valence electrons. The van der Waals surface area contributed by atoms with Crippen LogP contribution in [0.15, 0.2) is 0 Å². The second kappa shape index (κ2) is 76.4. The Kier molecular flexibility index (Phi) is 71.3. The highest BCUT2D eigenvalue weighted by molar-refractivity contribution is 5.90. The molecule has 0 aromatic carbocycles. The first kappa shape index (κ1) is 139. The lowest BCUT2D eigenvalue weighted by Gasteiger charge is -2.28. The number of amides is 2. The number of carbonyl (C=O) groups excluding carboxylic acids is 15. The van der Waals surface area contributed by atoms with Gasteiger partial charge in [0.15, 0.2) is 0 Å². The Hall–Kier alpha value is -10.1. The van der Waals surface area contributed by atoms with Crippen LogP contribution in [0.5, 0.6) is 0 Å². The summed E-state index contributed by atoms with van der Waals surface area (Å²) in [5.41, 5.74) is -7.98. The van der Waals surface area contributed by atoms with Crippen LogP contribution in [0.3, 0.4) is 0 Å². The molecule has 55 nitrogen and oxygen atoms in total. The van der Waals surface area contributed by atoms with Gasteiger partial charge in [-0.05, 0) is 129 Å². The van der Waals surface area contributed by atoms with Gasteiger partial charge < -0.3 is 197 Å². The van der Waals surface area contributed by atoms with Gasteiger partial charge in [0, 0.05) is 65.4 Å². The van der Waals surface area contributed by atoms with Gasteiger partial charge in [-0.2, -0.15) is 0 Å². The van der Waals surface area contributed by atoms with Crippen LogP contribution in [0, 0.1) is 44.3 Å². The average Bonchev–Trinajstić information content (AvgIpc) is 0.846. The topological polar surface area (TPSA) is 728 Å². The SMILES string of the molecule is CCOC(=O)C(C)(COC(=O)OCC(C)C)COC(=O)OCC(C)(COC(=O)OCC(C)(CO)C(=O)OCC(O)CNCCOCCOCCN)C(=O)OCC(O)CNCCOCCOCCNCC(O)COC(=O)C(C)(COC(=O)OCC(C)(CO)C(=O)OCC(O)CNCCOCCOCCNCCC(NC(=O)C(C)NC(=O)OC(C)(C)C)C(=O)OC(C)(C)C)COC(=O)OCC(C)(COC(=O)OCC(C)C)C(=O)OCC. The number of aliphatic hydroxyl groups excluding tert-OH is 6. The van der Waals surface area contributed by atoms with Crippen LogP contribution in [0.1, 0.15) is 138 Å². The van der Waals surface area contributed by atoms with Crippen LogP contribution in [-0.4, -0.2) is 452 Å². The number of rotatable bonds is 83. The standard InChI is InChI=1S/C94H168N8O47/c1-20-130-76(113)91(16,56-140-81(118)136-46-64(3)4)58-142-85(122)146-62-93(18,60-144-83(120)138-54-89(14,52-103)74(111)132-48-67(105)42-97-26-32-126-37-36-124-30-23-95)78(115)134-50-69(107)44-99-28-34-128-40-41-129-35-29-100-45-70(108)51-135-79(116)94(19,63-147-86(123)143-59-92(17,77(114)131-21-2)57-141-82(119)137-47-65(5)6)61-145-84(121)139-55-90(15,53-104)75(112)133-49-68(106)43-98-27-33-127-39-38-125-31-25-96-24-22-71(73(110)148-87(8,9)10)102-72(109)66(7)101-80(117)149-88(11,12)13/h64-71,96-100,103-108H,20-63,95H2,1-19H3,(H,101,117)(H,102,109). The van der Waals surface area contributed by atoms with Crippen molar-refractivity contribution in [3.63, 3.8) is 0 Å². The van der Waals surface area contributed by atoms with Gasteiger partial charge in [-0.1, -0.05) is 27.7 Å². The van der Waals surface area contributed by atoms with Gasteiger partial charge in [0.2, 0.25) is 5.91 Å². The minimum absolute atomic E-state index is 0.00674. The van der Waals surface area contributed by atoms with Crippen molar-refractivity contribution in [2.75, 3.05) is 283 Å². The highest BCUT2D eigenvalue weighted by Crippen LogP contribution is 2.29. The predicted octanol–water partition coefficient (Wildman–Crippen LogP) is 0.119. The molecule has 0 aromatic rings. The normalized spacial score (nSPS) is 15.2. The third-order valence-electron chi connectivity index (χ3n) is 19.7. The maximum atomic E-state index is 13.9. The molecule has 0 saturated carbocycles. The van der Waals surface area contributed by atoms with E-state index in [0.717, 1.165) is 13.8 Å². The molecule has 0 bridgehead atoms. The fourth-order valence-corrected chi connectivity index (χ4v) is 10.8. The van der Waals surface area contributed by atoms with Crippen molar-refractivity contribution in [2.45, 2.75) is 186 Å². The van der Waals surface area contributed by atoms with E-state index in [4.69, 9.17) is 129 Å². The summed E-state index contributed by atoms with van der Waals surface area (Å²) in [6.45, 7) is 19.6. The van der Waals surface area contributed by atoms with E-state index in [2.05, 4.69) is 37.2 Å². The highest BCUT2D eigenvalue weighted by Gasteiger charge is 2.46. The molecule has 12 unspecified atom stereocenters. The van der Waals surface area contributed by atoms with Gasteiger partial charge in [-0.15, -0.1) is 0 Å². The lowest BCUT2D eigenvalue weighted by molar-refractivity contribution is -0.167. The Labute approximate surface area is 869 Å². The molecule has 0 fully saturated rings. The lowest BCUT2D eigenvalue weighted by atomic mass is 9.93. The van der Waals surface area contributed by atoms with Crippen LogP contribution in [-0.2, 0) is 162 Å². The van der Waals surface area contributed by atoms with Crippen LogP contribution in [0.2, 0.25) is 0 Å². The number of hydrogen-bond acceptors (Lipinski definition) is 53. The Morgan fingerprint density at radius 3 is 0.772 bits per heavy atom. The average molecular weight is 2160 g/mol. The van der Waals surface area contributed by atoms with E-state index < -0.39 is 277 Å². The molecule has 0 aliphatic rings. The van der Waals surface area contributed by atoms with E-state index in [9.17, 15) is 103 Å². The summed E-state index contributed by atoms with van der Waals surface area (Å²) >= 11 is 0. The minimum Gasteiger partial charge on any atom is -0.465 e. The van der Waals surface area contributed by atoms with Gasteiger partial charge in [-0.25, -0.2) is 38.4 Å². The van der Waals surface area contributed by atoms with E-state index >= 15 is 0 Å². The Bertz CT molecular complexity index is 3850. The molecule has 2 amide bonds. The van der Waals surface area contributed by atoms with Gasteiger partial charge in [-0.3, -0.25) is 33.6 Å². The van der Waals surface area contributed by atoms with Gasteiger partial charge in [0.25, 0.3) is 0 Å². The monoisotopic (exact) mass is 2160 g/mol. The number of ether oxygens (including phenoxy) is 26. The van der Waals surface area contributed by atoms with Crippen LogP contribution < -0.4 is 43.0 Å². The molecule has 0 heterocycles. The van der Waals surface area contributed by atoms with E-state index in [1.165, 1.54) is 48.5 Å². The first-order valence-electron chi connectivity index (χ1n) is 49.0. The van der Waals surface area contributed by atoms with E-state index in [1.807, 2.05) is 0 Å². The molecule has 149 heavy (non-hydrogen) atoms. The van der Waals surface area contributed by atoms with Crippen LogP contribution in [0.25, 0.3) is 0 Å². The van der Waals surface area contributed by atoms with Crippen molar-refractivity contribution in [1.82, 2.24) is 37.2 Å². The van der Waals surface area contributed by atoms with Gasteiger partial charge >= 0.3 is 84.8 Å². The quantitative estimate of drug-likeness (QED) is 0.0218. The number of nitrogens with two attached hydrogens (primary N) is 1. The zero-order valence-electron chi connectivity index (χ0n) is 89.7. The first-order valence-corrected chi connectivity index (χ1v) is 49.0. The number of aliphatic hydroxyl groups is 6. The molecule has 0 saturated heterocycles. The summed E-state index contributed by atoms with van der Waals surface area (Å²) < 4.78 is 137. The van der Waals surface area contributed by atoms with Crippen molar-refractivity contribution >= 4 is 90.7 Å². The second-order valence-corrected chi connectivity index (χ2v) is 38.7. The molecule has 55 heteroatoms. The summed E-state index contributed by atoms with van der Waals surface area (Å²) in [6.07, 6.45) is -14.1. The molecule has 15 N–H and O–H groups in total. The third-order valence-corrected chi connectivity index (χ3v) is 19.7. The predicted molar refractivity (Wildman–Crippen MR) is 517 cm³/mol. The molecular weight excluding hydrogens is 1990 g/mol. The summed E-state index contributed by atoms with van der Waals surface area (Å²) in [5.74, 6) is -7.90. The molecule has 0 rings (SSSR count). The zero-order chi connectivity index (χ0) is 113. The molecule has 0 aromatic heterocycles. The van der Waals surface area contributed by atoms with Crippen molar-refractivity contribution in [3.8, 4) is 0 Å². The third kappa shape index (κ3) is 66.4. The smallest absolute Gasteiger partial charge is 0.465 e. The number of carbonyl (C=O) groups is 15. The Morgan fingerprint density at radius 1 is 0.282 bits per heavy atom. The van der Waals surface area contributed by atoms with Crippen molar-refractivity contribution in [1.29, 1.82) is 0 Å². The summed E-state index contributed by atoms with van der Waals surface area (Å²) in [6, 6.07) is -2.05. The maximum Gasteiger partial charge on any atom is 0.508 e. The first-order chi connectivity index (χ1) is 70.0. The van der Waals surface area contributed by atoms with Crippen LogP contribution >= 0.6 is 0 Å². The number of hydrogen-bond donors (Lipinski definition) is 14. The fourth-order valence-electron chi connectivity index (χ4n) is 10.8. The van der Waals surface area contributed by atoms with Crippen molar-refractivity contribution in [3.05, 3.63) is 0 Å². The lowest BCUT2D eigenvalue weighted by Crippen LogP contribution is -2.52. The molecule has 0 radical (unpaired) electrons. The van der Waals surface area contributed by atoms with Crippen molar-refractivity contribution in [2.24, 2.45) is 50.1 Å². The fraction of sp³-hybridized carbons (Fsp3) is 0.840. The van der Waals surface area contributed by atoms with E-state index in [-0.39, 0.29) is 157 Å². The Balaban J connectivity index is 5.76. The highest BCUT2D eigenvalue weighted by atomic mass is 16.8. The summed E-state index contributed by atoms with van der Waals surface area (Å²) in [5, 5.41) is 83.0. The number of esters is 7. The van der Waals surface area contributed by atoms with Crippen LogP contribution in [0.4, 0.5) is 33.6 Å². The second-order valence-electron chi connectivity index (χ2n) is 38.7. The molecule has 0 spiro atoms. The molecule has 0 aliphatic carbocycles. The zero-order valence-corrected chi connectivity index (χ0v) is 89.7. The molecule has 12 atom stereocenters. The van der Waals surface area contributed by atoms with Gasteiger partial charge in [0.1, 0.15) is 173 Å². The largest absolute Gasteiger partial charge is 0.508 e. The summed E-state index contributed by atoms with van der Waals surface area (Å²) in [7, 11) is 0.